The highest BCUT2D eigenvalue weighted by molar-refractivity contribution is 6.30. The van der Waals surface area contributed by atoms with Gasteiger partial charge >= 0.3 is 0 Å². The summed E-state index contributed by atoms with van der Waals surface area (Å²) >= 11 is 5.81. The van der Waals surface area contributed by atoms with E-state index in [0.717, 1.165) is 17.3 Å². The van der Waals surface area contributed by atoms with Gasteiger partial charge < -0.3 is 15.5 Å². The molecule has 4 nitrogen and oxygen atoms in total. The molecule has 0 saturated heterocycles. The van der Waals surface area contributed by atoms with Gasteiger partial charge in [-0.25, -0.2) is 0 Å². The Hall–Kier alpha value is -1.26. The Kier molecular flexibility index (Phi) is 5.80. The van der Waals surface area contributed by atoms with Gasteiger partial charge in [-0.2, -0.15) is 0 Å². The van der Waals surface area contributed by atoms with Gasteiger partial charge in [-0.3, -0.25) is 4.79 Å². The van der Waals surface area contributed by atoms with Crippen molar-refractivity contribution in [2.45, 2.75) is 0 Å². The first-order chi connectivity index (χ1) is 8.13. The van der Waals surface area contributed by atoms with Gasteiger partial charge in [0.2, 0.25) is 5.91 Å². The number of carbonyl (C=O) groups is 1. The van der Waals surface area contributed by atoms with Gasteiger partial charge in [-0.1, -0.05) is 11.6 Å². The Morgan fingerprint density at radius 3 is 2.59 bits per heavy atom. The molecular weight excluding hydrogens is 238 g/mol. The minimum Gasteiger partial charge on any atom is -0.373 e. The highest BCUT2D eigenvalue weighted by Gasteiger charge is 2.02. The van der Waals surface area contributed by atoms with Gasteiger partial charge in [0.15, 0.2) is 0 Å². The maximum atomic E-state index is 11.2. The lowest BCUT2D eigenvalue weighted by Crippen LogP contribution is -2.37. The van der Waals surface area contributed by atoms with E-state index in [9.17, 15) is 4.79 Å². The van der Waals surface area contributed by atoms with Gasteiger partial charge in [0.05, 0.1) is 6.54 Å². The summed E-state index contributed by atoms with van der Waals surface area (Å²) in [6, 6.07) is 7.62. The van der Waals surface area contributed by atoms with Crippen molar-refractivity contribution in [1.29, 1.82) is 0 Å². The van der Waals surface area contributed by atoms with Crippen LogP contribution in [0.25, 0.3) is 0 Å². The lowest BCUT2D eigenvalue weighted by Gasteiger charge is -2.19. The maximum Gasteiger partial charge on any atom is 0.234 e. The summed E-state index contributed by atoms with van der Waals surface area (Å²) in [6.45, 7) is 1.74. The molecule has 94 valence electrons. The number of nitrogens with zero attached hydrogens (tertiary/aromatic N) is 1. The van der Waals surface area contributed by atoms with Crippen LogP contribution in [0, 0.1) is 0 Å². The summed E-state index contributed by atoms with van der Waals surface area (Å²) in [5.74, 6) is 0.0111. The summed E-state index contributed by atoms with van der Waals surface area (Å²) < 4.78 is 0. The Balaban J connectivity index is 2.32. The number of hydrogen-bond acceptors (Lipinski definition) is 3. The van der Waals surface area contributed by atoms with Crippen LogP contribution in [0.4, 0.5) is 5.69 Å². The molecule has 0 bridgehead atoms. The number of benzene rings is 1. The monoisotopic (exact) mass is 255 g/mol. The van der Waals surface area contributed by atoms with Crippen LogP contribution in [0.2, 0.25) is 5.02 Å². The predicted molar refractivity (Wildman–Crippen MR) is 71.7 cm³/mol. The van der Waals surface area contributed by atoms with Gasteiger partial charge in [0.1, 0.15) is 0 Å². The van der Waals surface area contributed by atoms with Crippen molar-refractivity contribution in [3.63, 3.8) is 0 Å². The molecule has 0 unspecified atom stereocenters. The van der Waals surface area contributed by atoms with Crippen LogP contribution in [-0.4, -0.2) is 39.6 Å². The summed E-state index contributed by atoms with van der Waals surface area (Å²) in [5.41, 5.74) is 1.08. The zero-order valence-electron chi connectivity index (χ0n) is 10.2. The minimum atomic E-state index is 0.0111. The van der Waals surface area contributed by atoms with Gasteiger partial charge in [-0.15, -0.1) is 0 Å². The number of likely N-dealkylation sites (N-methyl/N-ethyl adjacent to an activating group) is 2. The zero-order valence-corrected chi connectivity index (χ0v) is 10.9. The molecule has 1 aromatic rings. The van der Waals surface area contributed by atoms with Crippen LogP contribution in [0.5, 0.6) is 0 Å². The third-order valence-electron chi connectivity index (χ3n) is 2.37. The average Bonchev–Trinajstić information content (AvgIpc) is 2.30. The first-order valence-electron chi connectivity index (χ1n) is 5.51. The van der Waals surface area contributed by atoms with Crippen molar-refractivity contribution in [2.75, 3.05) is 38.6 Å². The number of carbonyl (C=O) groups excluding carboxylic acids is 1. The van der Waals surface area contributed by atoms with Gasteiger partial charge in [0.25, 0.3) is 0 Å². The fourth-order valence-corrected chi connectivity index (χ4v) is 1.54. The third kappa shape index (κ3) is 5.06. The summed E-state index contributed by atoms with van der Waals surface area (Å²) in [6.07, 6.45) is 0. The van der Waals surface area contributed by atoms with Crippen molar-refractivity contribution >= 4 is 23.2 Å². The lowest BCUT2D eigenvalue weighted by molar-refractivity contribution is -0.120. The van der Waals surface area contributed by atoms with Crippen LogP contribution < -0.4 is 15.5 Å². The minimum absolute atomic E-state index is 0.0111. The first-order valence-corrected chi connectivity index (χ1v) is 5.89. The number of amides is 1. The van der Waals surface area contributed by atoms with Crippen molar-refractivity contribution in [2.24, 2.45) is 0 Å². The molecule has 0 aromatic heterocycles. The van der Waals surface area contributed by atoms with E-state index in [1.54, 1.807) is 7.05 Å². The molecule has 1 amide bonds. The zero-order chi connectivity index (χ0) is 12.7. The molecule has 0 atom stereocenters. The molecule has 0 heterocycles. The molecule has 0 radical (unpaired) electrons. The van der Waals surface area contributed by atoms with Gasteiger partial charge in [0, 0.05) is 30.8 Å². The second-order valence-corrected chi connectivity index (χ2v) is 4.21. The smallest absolute Gasteiger partial charge is 0.234 e. The van der Waals surface area contributed by atoms with E-state index in [2.05, 4.69) is 15.5 Å². The fraction of sp³-hybridized carbons (Fsp3) is 0.417. The van der Waals surface area contributed by atoms with E-state index in [-0.39, 0.29) is 5.91 Å². The van der Waals surface area contributed by atoms with Crippen LogP contribution >= 0.6 is 11.6 Å². The molecule has 0 saturated carbocycles. The Bertz CT molecular complexity index is 353. The normalized spacial score (nSPS) is 10.1. The molecule has 0 aliphatic heterocycles. The van der Waals surface area contributed by atoms with E-state index < -0.39 is 0 Å². The number of anilines is 1. The summed E-state index contributed by atoms with van der Waals surface area (Å²) in [4.78, 5) is 13.3. The van der Waals surface area contributed by atoms with E-state index >= 15 is 0 Å². The number of halogens is 1. The van der Waals surface area contributed by atoms with E-state index in [1.165, 1.54) is 0 Å². The maximum absolute atomic E-state index is 11.2. The first kappa shape index (κ1) is 13.8. The van der Waals surface area contributed by atoms with E-state index in [1.807, 2.05) is 31.3 Å². The molecule has 5 heteroatoms. The lowest BCUT2D eigenvalue weighted by atomic mass is 10.3. The topological polar surface area (TPSA) is 44.4 Å². The van der Waals surface area contributed by atoms with E-state index in [4.69, 9.17) is 11.6 Å². The molecule has 0 spiro atoms. The number of hydrogen-bond donors (Lipinski definition) is 2. The second kappa shape index (κ2) is 7.14. The predicted octanol–water partition coefficient (Wildman–Crippen LogP) is 1.11. The van der Waals surface area contributed by atoms with Crippen molar-refractivity contribution in [3.8, 4) is 0 Å². The van der Waals surface area contributed by atoms with Crippen LogP contribution in [-0.2, 0) is 4.79 Å². The van der Waals surface area contributed by atoms with Crippen molar-refractivity contribution < 1.29 is 4.79 Å². The molecule has 0 aliphatic rings. The Labute approximate surface area is 107 Å². The SMILES string of the molecule is CNCC(=O)NCCN(C)c1ccc(Cl)cc1. The van der Waals surface area contributed by atoms with Crippen molar-refractivity contribution in [1.82, 2.24) is 10.6 Å². The Morgan fingerprint density at radius 2 is 2.00 bits per heavy atom. The second-order valence-electron chi connectivity index (χ2n) is 3.78. The molecule has 0 aliphatic carbocycles. The summed E-state index contributed by atoms with van der Waals surface area (Å²) in [7, 11) is 3.73. The summed E-state index contributed by atoms with van der Waals surface area (Å²) in [5, 5.41) is 6.36. The quantitative estimate of drug-likeness (QED) is 0.801. The standard InChI is InChI=1S/C12H18ClN3O/c1-14-9-12(17)15-7-8-16(2)11-5-3-10(13)4-6-11/h3-6,14H,7-9H2,1-2H3,(H,15,17). The highest BCUT2D eigenvalue weighted by Crippen LogP contribution is 2.16. The largest absolute Gasteiger partial charge is 0.373 e. The molecule has 1 rings (SSSR count). The van der Waals surface area contributed by atoms with Crippen LogP contribution in [0.15, 0.2) is 24.3 Å². The molecule has 0 fully saturated rings. The molecular formula is C12H18ClN3O. The highest BCUT2D eigenvalue weighted by atomic mass is 35.5. The molecule has 17 heavy (non-hydrogen) atoms. The van der Waals surface area contributed by atoms with Crippen LogP contribution in [0.3, 0.4) is 0 Å². The molecule has 1 aromatic carbocycles. The van der Waals surface area contributed by atoms with E-state index in [0.29, 0.717) is 13.1 Å². The number of rotatable bonds is 6. The van der Waals surface area contributed by atoms with Crippen LogP contribution in [0.1, 0.15) is 0 Å². The Morgan fingerprint density at radius 1 is 1.35 bits per heavy atom. The third-order valence-corrected chi connectivity index (χ3v) is 2.63. The number of nitrogens with one attached hydrogen (secondary N) is 2. The van der Waals surface area contributed by atoms with Crippen molar-refractivity contribution in [3.05, 3.63) is 29.3 Å². The molecule has 2 N–H and O–H groups in total. The van der Waals surface area contributed by atoms with Gasteiger partial charge in [-0.05, 0) is 31.3 Å². The fourth-order valence-electron chi connectivity index (χ4n) is 1.41. The average molecular weight is 256 g/mol.